The Bertz CT molecular complexity index is 1650. The second-order valence-corrected chi connectivity index (χ2v) is 9.20. The fraction of sp³-hybridized carbons (Fsp3) is 0.0800. The first-order valence-electron chi connectivity index (χ1n) is 11.2. The van der Waals surface area contributed by atoms with Gasteiger partial charge in [-0.05, 0) is 29.3 Å². The van der Waals surface area contributed by atoms with Crippen molar-refractivity contribution in [1.29, 1.82) is 0 Å². The quantitative estimate of drug-likeness (QED) is 0.262. The number of nitrogens with zero attached hydrogens (tertiary/aromatic N) is 6. The molecule has 1 amide bonds. The van der Waals surface area contributed by atoms with Crippen LogP contribution in [-0.2, 0) is 13.0 Å². The van der Waals surface area contributed by atoms with Crippen LogP contribution in [0.5, 0.6) is 0 Å². The number of carbonyl (C=O) groups is 1. The number of halogens is 3. The number of nitrogen functional groups attached to an aromatic ring is 2. The van der Waals surface area contributed by atoms with E-state index in [0.717, 1.165) is 15.6 Å². The molecular weight excluding hydrogens is 562 g/mol. The van der Waals surface area contributed by atoms with E-state index in [2.05, 4.69) is 36.0 Å². The minimum atomic E-state index is -1.31. The third-order valence-corrected chi connectivity index (χ3v) is 6.27. The van der Waals surface area contributed by atoms with Crippen molar-refractivity contribution in [2.45, 2.75) is 13.0 Å². The highest BCUT2D eigenvalue weighted by Gasteiger charge is 2.25. The van der Waals surface area contributed by atoms with Gasteiger partial charge in [-0.2, -0.15) is 19.7 Å². The van der Waals surface area contributed by atoms with Crippen LogP contribution >= 0.6 is 15.9 Å². The summed E-state index contributed by atoms with van der Waals surface area (Å²) in [5.41, 5.74) is 14.1. The largest absolute Gasteiger partial charge is 0.465 e. The lowest BCUT2D eigenvalue weighted by Gasteiger charge is -2.22. The van der Waals surface area contributed by atoms with Crippen molar-refractivity contribution in [3.8, 4) is 5.95 Å². The Balaban J connectivity index is 1.58. The maximum atomic E-state index is 14.3. The van der Waals surface area contributed by atoms with Crippen LogP contribution < -0.4 is 16.4 Å². The molecule has 10 nitrogen and oxygen atoms in total. The summed E-state index contributed by atoms with van der Waals surface area (Å²) < 4.78 is 30.5. The van der Waals surface area contributed by atoms with Gasteiger partial charge in [-0.15, -0.1) is 0 Å². The van der Waals surface area contributed by atoms with E-state index in [1.165, 1.54) is 16.8 Å². The van der Waals surface area contributed by atoms with E-state index in [1.807, 2.05) is 0 Å². The number of aromatic nitrogens is 5. The lowest BCUT2D eigenvalue weighted by atomic mass is 10.1. The molecule has 0 aliphatic heterocycles. The molecule has 0 radical (unpaired) electrons. The second kappa shape index (κ2) is 10.0. The van der Waals surface area contributed by atoms with Crippen molar-refractivity contribution < 1.29 is 18.7 Å². The predicted octanol–water partition coefficient (Wildman–Crippen LogP) is 4.69. The van der Waals surface area contributed by atoms with Crippen LogP contribution in [0, 0.1) is 11.6 Å². The van der Waals surface area contributed by atoms with Gasteiger partial charge in [-0.1, -0.05) is 46.3 Å². The van der Waals surface area contributed by atoms with E-state index in [-0.39, 0.29) is 41.8 Å². The average molecular weight is 581 g/mol. The Morgan fingerprint density at radius 2 is 1.74 bits per heavy atom. The summed E-state index contributed by atoms with van der Waals surface area (Å²) in [5, 5.41) is 14.3. The van der Waals surface area contributed by atoms with Crippen LogP contribution in [0.25, 0.3) is 17.0 Å². The summed E-state index contributed by atoms with van der Waals surface area (Å²) in [7, 11) is 0. The van der Waals surface area contributed by atoms with E-state index in [4.69, 9.17) is 11.5 Å². The van der Waals surface area contributed by atoms with Gasteiger partial charge >= 0.3 is 6.09 Å². The highest BCUT2D eigenvalue weighted by atomic mass is 79.9. The summed E-state index contributed by atoms with van der Waals surface area (Å²) in [6, 6.07) is 14.4. The Kier molecular flexibility index (Phi) is 6.59. The monoisotopic (exact) mass is 580 g/mol. The first kappa shape index (κ1) is 25.0. The maximum absolute atomic E-state index is 14.3. The average Bonchev–Trinajstić information content (AvgIpc) is 3.22. The molecule has 5 rings (SSSR count). The molecule has 5 aromatic rings. The molecule has 3 heterocycles. The number of pyridine rings is 1. The van der Waals surface area contributed by atoms with Crippen molar-refractivity contribution in [2.75, 3.05) is 16.4 Å². The summed E-state index contributed by atoms with van der Waals surface area (Å²) in [5.74, 6) is -1.65. The number of amides is 1. The van der Waals surface area contributed by atoms with Gasteiger partial charge in [0.1, 0.15) is 22.8 Å². The molecule has 0 fully saturated rings. The molecule has 0 saturated heterocycles. The second-order valence-electron chi connectivity index (χ2n) is 8.29. The topological polar surface area (TPSA) is 149 Å². The van der Waals surface area contributed by atoms with Crippen molar-refractivity contribution in [3.63, 3.8) is 0 Å². The number of hydrogen-bond donors (Lipinski definition) is 3. The summed E-state index contributed by atoms with van der Waals surface area (Å²) in [6.45, 7) is -0.0632. The first-order valence-corrected chi connectivity index (χ1v) is 12.0. The van der Waals surface area contributed by atoms with E-state index < -0.39 is 17.7 Å². The smallest absolute Gasteiger partial charge is 0.412 e. The molecule has 0 atom stereocenters. The van der Waals surface area contributed by atoms with Crippen molar-refractivity contribution in [2.24, 2.45) is 0 Å². The first-order chi connectivity index (χ1) is 18.2. The lowest BCUT2D eigenvalue weighted by molar-refractivity contribution is 0.201. The van der Waals surface area contributed by atoms with Crippen molar-refractivity contribution >= 4 is 50.4 Å². The van der Waals surface area contributed by atoms with Gasteiger partial charge in [-0.25, -0.2) is 18.6 Å². The molecule has 13 heteroatoms. The van der Waals surface area contributed by atoms with Gasteiger partial charge in [0.2, 0.25) is 0 Å². The molecule has 0 aliphatic carbocycles. The number of carboxylic acid groups (broad SMARTS) is 1. The molecule has 0 unspecified atom stereocenters. The van der Waals surface area contributed by atoms with Crippen LogP contribution in [0.15, 0.2) is 65.3 Å². The molecule has 0 aliphatic rings. The summed E-state index contributed by atoms with van der Waals surface area (Å²) in [4.78, 5) is 25.6. The molecule has 38 heavy (non-hydrogen) atoms. The zero-order valence-electron chi connectivity index (χ0n) is 19.5. The third kappa shape index (κ3) is 4.83. The minimum absolute atomic E-state index is 0.0632. The Labute approximate surface area is 222 Å². The summed E-state index contributed by atoms with van der Waals surface area (Å²) in [6.07, 6.45) is -0.220. The maximum Gasteiger partial charge on any atom is 0.412 e. The van der Waals surface area contributed by atoms with Gasteiger partial charge in [-0.3, -0.25) is 4.90 Å². The van der Waals surface area contributed by atoms with E-state index in [1.54, 1.807) is 42.5 Å². The van der Waals surface area contributed by atoms with Crippen LogP contribution in [0.4, 0.5) is 30.9 Å². The number of benzene rings is 2. The van der Waals surface area contributed by atoms with Gasteiger partial charge < -0.3 is 16.6 Å². The van der Waals surface area contributed by atoms with Gasteiger partial charge in [0.15, 0.2) is 11.6 Å². The molecule has 5 N–H and O–H groups in total. The van der Waals surface area contributed by atoms with Crippen LogP contribution in [0.3, 0.4) is 0 Å². The predicted molar refractivity (Wildman–Crippen MR) is 141 cm³/mol. The fourth-order valence-electron chi connectivity index (χ4n) is 3.99. The normalized spacial score (nSPS) is 11.1. The van der Waals surface area contributed by atoms with Gasteiger partial charge in [0.25, 0.3) is 5.95 Å². The fourth-order valence-corrected chi connectivity index (χ4v) is 4.26. The number of nitrogens with two attached hydrogens (primary N) is 2. The third-order valence-electron chi connectivity index (χ3n) is 5.74. The zero-order chi connectivity index (χ0) is 27.0. The van der Waals surface area contributed by atoms with Gasteiger partial charge in [0, 0.05) is 17.0 Å². The van der Waals surface area contributed by atoms with E-state index in [9.17, 15) is 18.7 Å². The number of fused-ring (bicyclic) bond motifs is 1. The zero-order valence-corrected chi connectivity index (χ0v) is 21.1. The molecule has 0 spiro atoms. The Morgan fingerprint density at radius 3 is 2.39 bits per heavy atom. The molecule has 0 bridgehead atoms. The van der Waals surface area contributed by atoms with E-state index in [0.29, 0.717) is 22.3 Å². The molecule has 192 valence electrons. The molecule has 2 aromatic carbocycles. The summed E-state index contributed by atoms with van der Waals surface area (Å²) >= 11 is 3.34. The molecule has 3 aromatic heterocycles. The van der Waals surface area contributed by atoms with E-state index >= 15 is 0 Å². The Hall–Kier alpha value is -4.65. The SMILES string of the molecule is Nc1nc(-n2nc(Cc3ccccc3F)c3ncc(F)cc32)nc(N)c1N(Cc1ccc(Br)cc1)C(=O)O. The van der Waals surface area contributed by atoms with Crippen molar-refractivity contribution in [3.05, 3.63) is 93.7 Å². The number of hydrogen-bond acceptors (Lipinski definition) is 7. The number of anilines is 3. The Morgan fingerprint density at radius 1 is 1.05 bits per heavy atom. The number of rotatable bonds is 6. The van der Waals surface area contributed by atoms with Crippen LogP contribution in [0.1, 0.15) is 16.8 Å². The van der Waals surface area contributed by atoms with Crippen LogP contribution in [0.2, 0.25) is 0 Å². The lowest BCUT2D eigenvalue weighted by Crippen LogP contribution is -2.31. The van der Waals surface area contributed by atoms with Crippen molar-refractivity contribution in [1.82, 2.24) is 24.7 Å². The highest BCUT2D eigenvalue weighted by molar-refractivity contribution is 9.10. The minimum Gasteiger partial charge on any atom is -0.465 e. The molecule has 0 saturated carbocycles. The highest BCUT2D eigenvalue weighted by Crippen LogP contribution is 2.31. The van der Waals surface area contributed by atoms with Crippen LogP contribution in [-0.4, -0.2) is 35.9 Å². The standard InChI is InChI=1S/C25H19BrF2N8O2/c26-15-7-5-13(6-8-15)12-35(25(37)38)21-22(29)32-24(33-23(21)30)36-19-10-16(27)11-31-20(19)18(34-36)9-14-3-1-2-4-17(14)28/h1-8,10-11H,9,12H2,(H,37,38)(H4,29,30,32,33). The van der Waals surface area contributed by atoms with Gasteiger partial charge in [0.05, 0.1) is 24.0 Å². The molecular formula is C25H19BrF2N8O2.